The average Bonchev–Trinajstić information content (AvgIpc) is 2.67. The largest absolute Gasteiger partial charge is 0.396 e. The van der Waals surface area contributed by atoms with Crippen molar-refractivity contribution < 1.29 is 9.90 Å². The molecule has 1 unspecified atom stereocenters. The Morgan fingerprint density at radius 3 is 2.80 bits per heavy atom. The van der Waals surface area contributed by atoms with Crippen LogP contribution in [0.4, 0.5) is 5.82 Å². The number of carbonyl (C=O) groups excluding carboxylic acids is 1. The monoisotopic (exact) mass is 339 g/mol. The standard InChI is InChI=1S/C20H25N3O2/c21-19(25)17-8-11-22-18(13-17)23-12-4-9-20(14-23,15-24)10-7-16-5-2-1-3-6-16/h1-3,5-6,8,11,13,24H,4,7,9-10,12,14-15H2,(H2,21,25). The first-order valence-electron chi connectivity index (χ1n) is 8.77. The number of benzene rings is 1. The lowest BCUT2D eigenvalue weighted by atomic mass is 9.76. The molecule has 0 bridgehead atoms. The van der Waals surface area contributed by atoms with Crippen LogP contribution >= 0.6 is 0 Å². The van der Waals surface area contributed by atoms with Gasteiger partial charge in [-0.15, -0.1) is 0 Å². The highest BCUT2D eigenvalue weighted by molar-refractivity contribution is 5.93. The van der Waals surface area contributed by atoms with Crippen LogP contribution in [0.3, 0.4) is 0 Å². The van der Waals surface area contributed by atoms with E-state index in [1.165, 1.54) is 5.56 Å². The summed E-state index contributed by atoms with van der Waals surface area (Å²) in [5.41, 5.74) is 7.00. The third-order valence-corrected chi connectivity index (χ3v) is 5.14. The molecule has 1 aromatic heterocycles. The second-order valence-electron chi connectivity index (χ2n) is 6.94. The summed E-state index contributed by atoms with van der Waals surface area (Å²) in [6.07, 6.45) is 5.50. The van der Waals surface area contributed by atoms with Crippen molar-refractivity contribution in [1.29, 1.82) is 0 Å². The summed E-state index contributed by atoms with van der Waals surface area (Å²) in [5.74, 6) is 0.312. The van der Waals surface area contributed by atoms with E-state index in [-0.39, 0.29) is 12.0 Å². The van der Waals surface area contributed by atoms with Gasteiger partial charge in [-0.25, -0.2) is 4.98 Å². The smallest absolute Gasteiger partial charge is 0.248 e. The number of nitrogens with zero attached hydrogens (tertiary/aromatic N) is 2. The summed E-state index contributed by atoms with van der Waals surface area (Å²) >= 11 is 0. The molecule has 5 heteroatoms. The van der Waals surface area contributed by atoms with Crippen molar-refractivity contribution in [3.05, 3.63) is 59.8 Å². The summed E-state index contributed by atoms with van der Waals surface area (Å²) < 4.78 is 0. The van der Waals surface area contributed by atoms with E-state index < -0.39 is 5.91 Å². The number of aliphatic hydroxyl groups is 1. The van der Waals surface area contributed by atoms with Crippen LogP contribution in [-0.4, -0.2) is 35.7 Å². The minimum Gasteiger partial charge on any atom is -0.396 e. The van der Waals surface area contributed by atoms with Gasteiger partial charge in [0.25, 0.3) is 0 Å². The average molecular weight is 339 g/mol. The maximum Gasteiger partial charge on any atom is 0.248 e. The van der Waals surface area contributed by atoms with E-state index >= 15 is 0 Å². The van der Waals surface area contributed by atoms with Crippen LogP contribution in [0.25, 0.3) is 0 Å². The molecule has 2 heterocycles. The Balaban J connectivity index is 1.73. The van der Waals surface area contributed by atoms with Crippen LogP contribution in [0.2, 0.25) is 0 Å². The number of hydrogen-bond acceptors (Lipinski definition) is 4. The van der Waals surface area contributed by atoms with Gasteiger partial charge >= 0.3 is 0 Å². The molecule has 5 nitrogen and oxygen atoms in total. The van der Waals surface area contributed by atoms with Crippen molar-refractivity contribution in [3.63, 3.8) is 0 Å². The zero-order valence-corrected chi connectivity index (χ0v) is 14.4. The van der Waals surface area contributed by atoms with Crippen LogP contribution in [-0.2, 0) is 6.42 Å². The van der Waals surface area contributed by atoms with Gasteiger partial charge in [0, 0.05) is 30.3 Å². The van der Waals surface area contributed by atoms with E-state index in [0.29, 0.717) is 5.56 Å². The van der Waals surface area contributed by atoms with E-state index in [0.717, 1.165) is 44.6 Å². The van der Waals surface area contributed by atoms with Crippen molar-refractivity contribution >= 4 is 11.7 Å². The van der Waals surface area contributed by atoms with Gasteiger partial charge in [-0.1, -0.05) is 30.3 Å². The van der Waals surface area contributed by atoms with Gasteiger partial charge in [0.15, 0.2) is 0 Å². The normalized spacial score (nSPS) is 20.4. The Morgan fingerprint density at radius 1 is 1.28 bits per heavy atom. The van der Waals surface area contributed by atoms with E-state index in [9.17, 15) is 9.90 Å². The Labute approximate surface area is 148 Å². The third kappa shape index (κ3) is 4.17. The van der Waals surface area contributed by atoms with Crippen molar-refractivity contribution in [2.24, 2.45) is 11.1 Å². The number of amides is 1. The number of carbonyl (C=O) groups is 1. The van der Waals surface area contributed by atoms with E-state index in [2.05, 4.69) is 22.0 Å². The van der Waals surface area contributed by atoms with Crippen molar-refractivity contribution in [3.8, 4) is 0 Å². The summed E-state index contributed by atoms with van der Waals surface area (Å²) in [6.45, 7) is 1.78. The number of pyridine rings is 1. The van der Waals surface area contributed by atoms with Gasteiger partial charge in [0.2, 0.25) is 5.91 Å². The molecule has 1 fully saturated rings. The van der Waals surface area contributed by atoms with Gasteiger partial charge in [0.1, 0.15) is 5.82 Å². The molecule has 0 radical (unpaired) electrons. The number of aryl methyl sites for hydroxylation is 1. The minimum absolute atomic E-state index is 0.140. The predicted molar refractivity (Wildman–Crippen MR) is 98.5 cm³/mol. The lowest BCUT2D eigenvalue weighted by Gasteiger charge is -2.42. The highest BCUT2D eigenvalue weighted by Gasteiger charge is 2.35. The molecule has 0 saturated carbocycles. The Morgan fingerprint density at radius 2 is 2.08 bits per heavy atom. The van der Waals surface area contributed by atoms with Gasteiger partial charge in [0.05, 0.1) is 6.61 Å². The molecule has 1 amide bonds. The van der Waals surface area contributed by atoms with Crippen LogP contribution in [0.5, 0.6) is 0 Å². The second-order valence-corrected chi connectivity index (χ2v) is 6.94. The Hall–Kier alpha value is -2.40. The van der Waals surface area contributed by atoms with Crippen molar-refractivity contribution in [1.82, 2.24) is 4.98 Å². The minimum atomic E-state index is -0.446. The number of hydrogen-bond donors (Lipinski definition) is 2. The molecule has 3 N–H and O–H groups in total. The van der Waals surface area contributed by atoms with Crippen LogP contribution in [0.15, 0.2) is 48.7 Å². The quantitative estimate of drug-likeness (QED) is 0.847. The van der Waals surface area contributed by atoms with Gasteiger partial charge in [-0.2, -0.15) is 0 Å². The molecule has 132 valence electrons. The third-order valence-electron chi connectivity index (χ3n) is 5.14. The van der Waals surface area contributed by atoms with E-state index in [1.807, 2.05) is 18.2 Å². The molecule has 1 aliphatic heterocycles. The van der Waals surface area contributed by atoms with Crippen molar-refractivity contribution in [2.75, 3.05) is 24.6 Å². The first kappa shape index (κ1) is 17.4. The molecule has 1 aliphatic rings. The molecular formula is C20H25N3O2. The van der Waals surface area contributed by atoms with Gasteiger partial charge in [-0.3, -0.25) is 4.79 Å². The molecular weight excluding hydrogens is 314 g/mol. The fourth-order valence-corrected chi connectivity index (χ4v) is 3.61. The number of rotatable bonds is 6. The lowest BCUT2D eigenvalue weighted by molar-refractivity contribution is 0.0961. The second kappa shape index (κ2) is 7.66. The summed E-state index contributed by atoms with van der Waals surface area (Å²) in [5, 5.41) is 10.1. The van der Waals surface area contributed by atoms with Gasteiger partial charge in [-0.05, 0) is 43.4 Å². The highest BCUT2D eigenvalue weighted by atomic mass is 16.3. The summed E-state index contributed by atoms with van der Waals surface area (Å²) in [6, 6.07) is 13.7. The molecule has 0 spiro atoms. The number of piperidine rings is 1. The number of primary amides is 1. The maximum atomic E-state index is 11.4. The summed E-state index contributed by atoms with van der Waals surface area (Å²) in [7, 11) is 0. The first-order chi connectivity index (χ1) is 12.1. The fourth-order valence-electron chi connectivity index (χ4n) is 3.61. The summed E-state index contributed by atoms with van der Waals surface area (Å²) in [4.78, 5) is 18.0. The molecule has 2 aromatic rings. The lowest BCUT2D eigenvalue weighted by Crippen LogP contribution is -2.46. The molecule has 0 aliphatic carbocycles. The zero-order chi connectivity index (χ0) is 17.7. The van der Waals surface area contributed by atoms with Crippen LogP contribution < -0.4 is 10.6 Å². The number of nitrogens with two attached hydrogens (primary N) is 1. The predicted octanol–water partition coefficient (Wildman–Crippen LogP) is 2.39. The number of anilines is 1. The molecule has 3 rings (SSSR count). The SMILES string of the molecule is NC(=O)c1ccnc(N2CCCC(CO)(CCc3ccccc3)C2)c1. The van der Waals surface area contributed by atoms with Crippen LogP contribution in [0.1, 0.15) is 35.2 Å². The van der Waals surface area contributed by atoms with Crippen molar-refractivity contribution in [2.45, 2.75) is 25.7 Å². The molecule has 1 atom stereocenters. The Bertz CT molecular complexity index is 720. The van der Waals surface area contributed by atoms with Crippen LogP contribution in [0, 0.1) is 5.41 Å². The first-order valence-corrected chi connectivity index (χ1v) is 8.77. The highest BCUT2D eigenvalue weighted by Crippen LogP contribution is 2.36. The number of aromatic nitrogens is 1. The van der Waals surface area contributed by atoms with E-state index in [1.54, 1.807) is 18.3 Å². The molecule has 25 heavy (non-hydrogen) atoms. The molecule has 1 aromatic carbocycles. The fraction of sp³-hybridized carbons (Fsp3) is 0.400. The van der Waals surface area contributed by atoms with Gasteiger partial charge < -0.3 is 15.7 Å². The van der Waals surface area contributed by atoms with E-state index in [4.69, 9.17) is 5.73 Å². The number of aliphatic hydroxyl groups excluding tert-OH is 1. The maximum absolute atomic E-state index is 11.4. The zero-order valence-electron chi connectivity index (χ0n) is 14.4. The topological polar surface area (TPSA) is 79.5 Å². The molecule has 1 saturated heterocycles. The Kier molecular flexibility index (Phi) is 5.34.